The van der Waals surface area contributed by atoms with E-state index in [1.165, 1.54) is 11.1 Å². The Balaban J connectivity index is 1.56. The number of benzene rings is 1. The number of fused-ring (bicyclic) bond motifs is 1. The second kappa shape index (κ2) is 8.18. The van der Waals surface area contributed by atoms with Crippen LogP contribution in [0.25, 0.3) is 16.7 Å². The molecule has 2 fully saturated rings. The van der Waals surface area contributed by atoms with Crippen molar-refractivity contribution in [3.05, 3.63) is 41.3 Å². The quantitative estimate of drug-likeness (QED) is 0.692. The minimum atomic E-state index is -0.361. The molecule has 164 valence electrons. The van der Waals surface area contributed by atoms with Crippen molar-refractivity contribution < 1.29 is 9.84 Å². The van der Waals surface area contributed by atoms with Gasteiger partial charge < -0.3 is 19.6 Å². The molecule has 0 aliphatic carbocycles. The number of aliphatic hydroxyl groups is 1. The maximum atomic E-state index is 10.7. The minimum Gasteiger partial charge on any atom is -0.391 e. The van der Waals surface area contributed by atoms with Crippen molar-refractivity contribution in [2.24, 2.45) is 0 Å². The molecule has 2 aliphatic rings. The van der Waals surface area contributed by atoms with E-state index >= 15 is 0 Å². The predicted octanol–water partition coefficient (Wildman–Crippen LogP) is 2.05. The molecule has 2 aromatic heterocycles. The van der Waals surface area contributed by atoms with E-state index in [2.05, 4.69) is 51.0 Å². The van der Waals surface area contributed by atoms with Gasteiger partial charge in [0.1, 0.15) is 11.6 Å². The summed E-state index contributed by atoms with van der Waals surface area (Å²) in [5, 5.41) is 16.5. The fraction of sp³-hybridized carbons (Fsp3) is 0.522. The lowest BCUT2D eigenvalue weighted by molar-refractivity contribution is 0.0636. The van der Waals surface area contributed by atoms with Gasteiger partial charge in [0.2, 0.25) is 0 Å². The van der Waals surface area contributed by atoms with Crippen LogP contribution in [0.15, 0.2) is 24.4 Å². The van der Waals surface area contributed by atoms with Crippen LogP contribution in [0.5, 0.6) is 0 Å². The van der Waals surface area contributed by atoms with E-state index in [0.29, 0.717) is 19.8 Å². The zero-order chi connectivity index (χ0) is 21.5. The Morgan fingerprint density at radius 1 is 1.03 bits per heavy atom. The Kier molecular flexibility index (Phi) is 5.37. The lowest BCUT2D eigenvalue weighted by atomic mass is 9.84. The summed E-state index contributed by atoms with van der Waals surface area (Å²) in [6, 6.07) is 6.38. The van der Waals surface area contributed by atoms with Crippen molar-refractivity contribution in [2.75, 3.05) is 51.3 Å². The number of ether oxygens (including phenoxy) is 1. The van der Waals surface area contributed by atoms with E-state index in [0.717, 1.165) is 54.4 Å². The van der Waals surface area contributed by atoms with Gasteiger partial charge in [-0.25, -0.2) is 14.6 Å². The molecule has 2 saturated heterocycles. The average molecular weight is 423 g/mol. The molecule has 2 unspecified atom stereocenters. The first kappa shape index (κ1) is 20.4. The monoisotopic (exact) mass is 422 g/mol. The van der Waals surface area contributed by atoms with Crippen molar-refractivity contribution >= 4 is 16.7 Å². The van der Waals surface area contributed by atoms with E-state index in [-0.39, 0.29) is 12.0 Å². The molecule has 0 radical (unpaired) electrons. The van der Waals surface area contributed by atoms with Crippen LogP contribution >= 0.6 is 0 Å². The van der Waals surface area contributed by atoms with E-state index in [1.807, 2.05) is 23.9 Å². The number of aromatic nitrogens is 4. The van der Waals surface area contributed by atoms with E-state index < -0.39 is 0 Å². The van der Waals surface area contributed by atoms with Crippen molar-refractivity contribution in [1.82, 2.24) is 24.6 Å². The van der Waals surface area contributed by atoms with Gasteiger partial charge in [-0.1, -0.05) is 0 Å². The highest BCUT2D eigenvalue weighted by atomic mass is 16.5. The smallest absolute Gasteiger partial charge is 0.159 e. The Bertz CT molecular complexity index is 1090. The molecule has 4 heterocycles. The van der Waals surface area contributed by atoms with Crippen LogP contribution in [-0.2, 0) is 4.74 Å². The number of morpholine rings is 1. The number of anilines is 1. The number of piperidine rings is 1. The van der Waals surface area contributed by atoms with Crippen LogP contribution in [0.1, 0.15) is 29.3 Å². The molecule has 5 rings (SSSR count). The van der Waals surface area contributed by atoms with Gasteiger partial charge in [0, 0.05) is 37.0 Å². The molecule has 3 aromatic rings. The second-order valence-corrected chi connectivity index (χ2v) is 8.78. The average Bonchev–Trinajstić information content (AvgIpc) is 3.16. The van der Waals surface area contributed by atoms with Crippen LogP contribution in [0.3, 0.4) is 0 Å². The van der Waals surface area contributed by atoms with Crippen LogP contribution in [0.2, 0.25) is 0 Å². The summed E-state index contributed by atoms with van der Waals surface area (Å²) in [6.07, 6.45) is 2.48. The molecule has 1 N–H and O–H groups in total. The highest BCUT2D eigenvalue weighted by Gasteiger charge is 2.29. The summed E-state index contributed by atoms with van der Waals surface area (Å²) in [4.78, 5) is 13.8. The van der Waals surface area contributed by atoms with Crippen LogP contribution in [0.4, 0.5) is 5.82 Å². The highest BCUT2D eigenvalue weighted by Crippen LogP contribution is 2.33. The van der Waals surface area contributed by atoms with Crippen molar-refractivity contribution in [3.8, 4) is 5.82 Å². The van der Waals surface area contributed by atoms with Crippen molar-refractivity contribution in [2.45, 2.75) is 32.3 Å². The number of β-amino-alcohol motifs (C(OH)–C–C–N with tert-alkyl or cyclic N) is 1. The van der Waals surface area contributed by atoms with Crippen LogP contribution < -0.4 is 4.90 Å². The Hall–Kier alpha value is -2.55. The zero-order valence-corrected chi connectivity index (χ0v) is 18.5. The molecule has 2 aliphatic heterocycles. The van der Waals surface area contributed by atoms with Crippen molar-refractivity contribution in [3.63, 3.8) is 0 Å². The number of aryl methyl sites for hydroxylation is 2. The van der Waals surface area contributed by atoms with Gasteiger partial charge in [-0.15, -0.1) is 0 Å². The Morgan fingerprint density at radius 2 is 1.81 bits per heavy atom. The van der Waals surface area contributed by atoms with Gasteiger partial charge in [0.15, 0.2) is 5.82 Å². The van der Waals surface area contributed by atoms with Gasteiger partial charge in [-0.2, -0.15) is 5.10 Å². The molecular weight excluding hydrogens is 392 g/mol. The second-order valence-electron chi connectivity index (χ2n) is 8.78. The van der Waals surface area contributed by atoms with E-state index in [4.69, 9.17) is 4.74 Å². The molecule has 0 saturated carbocycles. The number of hydrogen-bond donors (Lipinski definition) is 1. The summed E-state index contributed by atoms with van der Waals surface area (Å²) < 4.78 is 7.38. The molecule has 0 bridgehead atoms. The third-order valence-corrected chi connectivity index (χ3v) is 6.50. The molecule has 8 heteroatoms. The number of nitrogens with zero attached hydrogens (tertiary/aromatic N) is 6. The molecule has 1 aromatic carbocycles. The minimum absolute atomic E-state index is 0.139. The normalized spacial score (nSPS) is 22.9. The summed E-state index contributed by atoms with van der Waals surface area (Å²) in [6.45, 7) is 8.82. The van der Waals surface area contributed by atoms with Gasteiger partial charge in [-0.05, 0) is 57.1 Å². The van der Waals surface area contributed by atoms with E-state index in [9.17, 15) is 5.11 Å². The van der Waals surface area contributed by atoms with Gasteiger partial charge in [0.05, 0.1) is 31.0 Å². The molecular formula is C23H30N6O2. The largest absolute Gasteiger partial charge is 0.391 e. The number of hydrogen-bond acceptors (Lipinski definition) is 7. The SMILES string of the molecule is Cc1nc(N2CCOCC2)cc(-n2ncc3cc(C)c(C4CCN(C)CC4O)cc32)n1. The topological polar surface area (TPSA) is 79.5 Å². The van der Waals surface area contributed by atoms with Crippen molar-refractivity contribution in [1.29, 1.82) is 0 Å². The summed E-state index contributed by atoms with van der Waals surface area (Å²) >= 11 is 0. The molecule has 0 spiro atoms. The summed E-state index contributed by atoms with van der Waals surface area (Å²) in [7, 11) is 2.06. The number of aliphatic hydroxyl groups excluding tert-OH is 1. The van der Waals surface area contributed by atoms with Crippen LogP contribution in [-0.4, -0.2) is 82.3 Å². The fourth-order valence-electron chi connectivity index (χ4n) is 4.84. The third kappa shape index (κ3) is 3.91. The Morgan fingerprint density at radius 3 is 2.58 bits per heavy atom. The first-order valence-corrected chi connectivity index (χ1v) is 11.0. The number of likely N-dealkylation sites (tertiary alicyclic amines) is 1. The molecule has 31 heavy (non-hydrogen) atoms. The third-order valence-electron chi connectivity index (χ3n) is 6.50. The molecule has 8 nitrogen and oxygen atoms in total. The lowest BCUT2D eigenvalue weighted by Crippen LogP contribution is -2.40. The zero-order valence-electron chi connectivity index (χ0n) is 18.5. The maximum Gasteiger partial charge on any atom is 0.159 e. The number of rotatable bonds is 3. The van der Waals surface area contributed by atoms with Gasteiger partial charge in [0.25, 0.3) is 0 Å². The molecule has 2 atom stereocenters. The first-order chi connectivity index (χ1) is 15.0. The Labute approximate surface area is 182 Å². The number of likely N-dealkylation sites (N-methyl/N-ethyl adjacent to an activating group) is 1. The van der Waals surface area contributed by atoms with Gasteiger partial charge in [-0.3, -0.25) is 0 Å². The standard InChI is InChI=1S/C23H30N6O2/c1-15-10-17-13-24-29(20(17)11-19(15)18-4-5-27(3)14-21(18)30)23-12-22(25-16(2)26-23)28-6-8-31-9-7-28/h10-13,18,21,30H,4-9,14H2,1-3H3. The summed E-state index contributed by atoms with van der Waals surface area (Å²) in [5.74, 6) is 2.54. The summed E-state index contributed by atoms with van der Waals surface area (Å²) in [5.41, 5.74) is 3.42. The molecule has 0 amide bonds. The fourth-order valence-corrected chi connectivity index (χ4v) is 4.84. The van der Waals surface area contributed by atoms with E-state index in [1.54, 1.807) is 0 Å². The first-order valence-electron chi connectivity index (χ1n) is 11.0. The lowest BCUT2D eigenvalue weighted by Gasteiger charge is -2.34. The van der Waals surface area contributed by atoms with Crippen LogP contribution in [0, 0.1) is 13.8 Å². The van der Waals surface area contributed by atoms with Gasteiger partial charge >= 0.3 is 0 Å². The predicted molar refractivity (Wildman–Crippen MR) is 120 cm³/mol. The maximum absolute atomic E-state index is 10.7. The highest BCUT2D eigenvalue weighted by molar-refractivity contribution is 5.82.